The number of hydrogen-bond donors (Lipinski definition) is 2. The smallest absolute Gasteiger partial charge is 0.294 e. The van der Waals surface area contributed by atoms with Crippen molar-refractivity contribution in [2.45, 2.75) is 23.6 Å². The Hall–Kier alpha value is -5.50. The van der Waals surface area contributed by atoms with Crippen LogP contribution in [0.5, 0.6) is 0 Å². The molecule has 1 aliphatic rings. The number of piperazine rings is 1. The molecule has 0 radical (unpaired) electrons. The quantitative estimate of drug-likeness (QED) is 0.0757. The Morgan fingerprint density at radius 3 is 2.16 bits per heavy atom. The molecule has 6 aromatic rings. The largest absolute Gasteiger partial charge is 0.368 e. The highest BCUT2D eigenvalue weighted by Crippen LogP contribution is 2.40. The first-order valence-electron chi connectivity index (χ1n) is 17.5. The van der Waals surface area contributed by atoms with E-state index in [0.717, 1.165) is 82.2 Å². The first-order valence-corrected chi connectivity index (χ1v) is 20.2. The third kappa shape index (κ3) is 8.00. The number of aromatic nitrogens is 1. The van der Waals surface area contributed by atoms with Gasteiger partial charge in [-0.25, -0.2) is 12.8 Å². The molecule has 5 aromatic carbocycles. The van der Waals surface area contributed by atoms with Gasteiger partial charge in [-0.3, -0.25) is 14.8 Å². The van der Waals surface area contributed by atoms with Crippen molar-refractivity contribution in [1.29, 1.82) is 0 Å². The third-order valence-corrected chi connectivity index (χ3v) is 12.4. The van der Waals surface area contributed by atoms with E-state index in [2.05, 4.69) is 61.9 Å². The Kier molecular flexibility index (Phi) is 10.8. The highest BCUT2D eigenvalue weighted by atomic mass is 35.5. The van der Waals surface area contributed by atoms with Crippen LogP contribution in [0.25, 0.3) is 22.4 Å². The van der Waals surface area contributed by atoms with Gasteiger partial charge in [-0.1, -0.05) is 41.9 Å². The lowest BCUT2D eigenvalue weighted by Gasteiger charge is -2.37. The molecule has 0 atom stereocenters. The highest BCUT2D eigenvalue weighted by Gasteiger charge is 2.24. The van der Waals surface area contributed by atoms with Crippen molar-refractivity contribution in [2.24, 2.45) is 7.05 Å². The molecule has 2 N–H and O–H groups in total. The average Bonchev–Trinajstić information content (AvgIpc) is 3.42. The molecule has 7 rings (SSSR count). The van der Waals surface area contributed by atoms with Crippen LogP contribution in [0.3, 0.4) is 0 Å². The summed E-state index contributed by atoms with van der Waals surface area (Å²) in [7, 11) is -2.10. The van der Waals surface area contributed by atoms with Crippen LogP contribution in [-0.2, 0) is 17.1 Å². The Morgan fingerprint density at radius 2 is 1.49 bits per heavy atom. The number of sulfonamides is 1. The van der Waals surface area contributed by atoms with Crippen molar-refractivity contribution in [3.05, 3.63) is 147 Å². The molecule has 0 amide bonds. The maximum Gasteiger partial charge on any atom is 0.294 e. The van der Waals surface area contributed by atoms with Gasteiger partial charge in [-0.2, -0.15) is 0 Å². The molecule has 55 heavy (non-hydrogen) atoms. The molecule has 1 aliphatic heterocycles. The maximum atomic E-state index is 14.1. The number of nitro groups is 1. The van der Waals surface area contributed by atoms with Gasteiger partial charge >= 0.3 is 0 Å². The predicted molar refractivity (Wildman–Crippen MR) is 221 cm³/mol. The van der Waals surface area contributed by atoms with Crippen molar-refractivity contribution < 1.29 is 17.7 Å². The molecule has 0 saturated carbocycles. The lowest BCUT2D eigenvalue weighted by atomic mass is 9.97. The molecule has 282 valence electrons. The number of nitrogens with one attached hydrogen (secondary N) is 2. The van der Waals surface area contributed by atoms with Gasteiger partial charge in [0.15, 0.2) is 0 Å². The summed E-state index contributed by atoms with van der Waals surface area (Å²) < 4.78 is 48.3. The standard InChI is InChI=1S/C41H38ClFN6O4S2/c1-27-28(2)46(3)41(30-12-18-37(43)36(42)25-30)40(27)29-8-7-9-33(24-29)48-22-20-47(21-23-48)32-15-13-31(14-16-32)45-55(52,53)35-17-19-38(39(26-35)49(50)51)44-54-34-10-5-4-6-11-34/h4-19,24-26,44-45H,20-23H2,1-3H3. The topological polar surface area (TPSA) is 113 Å². The second kappa shape index (κ2) is 15.7. The van der Waals surface area contributed by atoms with Gasteiger partial charge in [-0.05, 0) is 116 Å². The zero-order chi connectivity index (χ0) is 38.9. The highest BCUT2D eigenvalue weighted by molar-refractivity contribution is 8.00. The zero-order valence-corrected chi connectivity index (χ0v) is 32.7. The molecule has 1 fully saturated rings. The van der Waals surface area contributed by atoms with E-state index >= 15 is 0 Å². The van der Waals surface area contributed by atoms with E-state index in [1.54, 1.807) is 24.3 Å². The molecule has 10 nitrogen and oxygen atoms in total. The van der Waals surface area contributed by atoms with Crippen molar-refractivity contribution in [2.75, 3.05) is 45.4 Å². The molecule has 1 saturated heterocycles. The van der Waals surface area contributed by atoms with E-state index < -0.39 is 20.8 Å². The number of nitro benzene ring substituents is 1. The minimum atomic E-state index is -4.11. The maximum absolute atomic E-state index is 14.1. The summed E-state index contributed by atoms with van der Waals surface area (Å²) in [5.74, 6) is -0.448. The van der Waals surface area contributed by atoms with Crippen molar-refractivity contribution >= 4 is 62.0 Å². The monoisotopic (exact) mass is 796 g/mol. The second-order valence-corrected chi connectivity index (χ2v) is 16.2. The molecule has 0 unspecified atom stereocenters. The number of halogens is 2. The van der Waals surface area contributed by atoms with Crippen molar-refractivity contribution in [1.82, 2.24) is 4.57 Å². The molecule has 0 spiro atoms. The van der Waals surface area contributed by atoms with E-state index in [-0.39, 0.29) is 21.3 Å². The van der Waals surface area contributed by atoms with E-state index in [4.69, 9.17) is 11.6 Å². The Balaban J connectivity index is 1.01. The summed E-state index contributed by atoms with van der Waals surface area (Å²) in [6.45, 7) is 7.25. The zero-order valence-electron chi connectivity index (χ0n) is 30.3. The van der Waals surface area contributed by atoms with E-state index in [1.165, 1.54) is 30.1 Å². The summed E-state index contributed by atoms with van der Waals surface area (Å²) in [6, 6.07) is 33.5. The molecule has 1 aromatic heterocycles. The molecular formula is C41H38ClFN6O4S2. The van der Waals surface area contributed by atoms with Gasteiger partial charge in [0.1, 0.15) is 11.5 Å². The Labute approximate surface area is 328 Å². The van der Waals surface area contributed by atoms with E-state index in [9.17, 15) is 22.9 Å². The van der Waals surface area contributed by atoms with Gasteiger partial charge in [-0.15, -0.1) is 0 Å². The average molecular weight is 797 g/mol. The fraction of sp³-hybridized carbons (Fsp3) is 0.171. The van der Waals surface area contributed by atoms with Crippen LogP contribution in [0.4, 0.5) is 32.8 Å². The number of rotatable bonds is 11. The van der Waals surface area contributed by atoms with Crippen molar-refractivity contribution in [3.63, 3.8) is 0 Å². The van der Waals surface area contributed by atoms with Crippen LogP contribution < -0.4 is 19.2 Å². The summed E-state index contributed by atoms with van der Waals surface area (Å²) >= 11 is 7.39. The van der Waals surface area contributed by atoms with Crippen LogP contribution in [0, 0.1) is 29.8 Å². The van der Waals surface area contributed by atoms with Crippen molar-refractivity contribution in [3.8, 4) is 22.4 Å². The Morgan fingerprint density at radius 1 is 0.800 bits per heavy atom. The molecular weight excluding hydrogens is 759 g/mol. The van der Waals surface area contributed by atoms with E-state index in [0.29, 0.717) is 5.69 Å². The van der Waals surface area contributed by atoms with Crippen LogP contribution in [0.2, 0.25) is 5.02 Å². The number of hydrogen-bond acceptors (Lipinski definition) is 8. The minimum Gasteiger partial charge on any atom is -0.368 e. The third-order valence-electron chi connectivity index (χ3n) is 9.95. The molecule has 2 heterocycles. The fourth-order valence-corrected chi connectivity index (χ4v) is 8.79. The lowest BCUT2D eigenvalue weighted by Crippen LogP contribution is -2.46. The van der Waals surface area contributed by atoms with E-state index in [1.807, 2.05) is 49.5 Å². The summed E-state index contributed by atoms with van der Waals surface area (Å²) in [6.07, 6.45) is 0. The second-order valence-electron chi connectivity index (χ2n) is 13.3. The lowest BCUT2D eigenvalue weighted by molar-refractivity contribution is -0.384. The molecule has 14 heteroatoms. The van der Waals surface area contributed by atoms with Gasteiger partial charge < -0.3 is 19.1 Å². The minimum absolute atomic E-state index is 0.0872. The number of anilines is 4. The summed E-state index contributed by atoms with van der Waals surface area (Å²) in [4.78, 5) is 16.5. The summed E-state index contributed by atoms with van der Waals surface area (Å²) in [5, 5.41) is 11.9. The van der Waals surface area contributed by atoms with Crippen LogP contribution in [-0.4, -0.2) is 44.1 Å². The summed E-state index contributed by atoms with van der Waals surface area (Å²) in [5.41, 5.74) is 8.50. The predicted octanol–water partition coefficient (Wildman–Crippen LogP) is 9.92. The first kappa shape index (κ1) is 37.8. The first-order chi connectivity index (χ1) is 26.4. The molecule has 0 bridgehead atoms. The number of benzene rings is 5. The fourth-order valence-electron chi connectivity index (χ4n) is 6.83. The van der Waals surface area contributed by atoms with Gasteiger partial charge in [0.2, 0.25) is 0 Å². The van der Waals surface area contributed by atoms with Gasteiger partial charge in [0, 0.05) is 78.1 Å². The normalized spacial score (nSPS) is 13.2. The van der Waals surface area contributed by atoms with Crippen LogP contribution in [0.15, 0.2) is 125 Å². The number of nitrogens with zero attached hydrogens (tertiary/aromatic N) is 4. The van der Waals surface area contributed by atoms with Gasteiger partial charge in [0.05, 0.1) is 20.5 Å². The Bertz CT molecular complexity index is 2490. The van der Waals surface area contributed by atoms with Crippen LogP contribution >= 0.6 is 23.5 Å². The van der Waals surface area contributed by atoms with Gasteiger partial charge in [0.25, 0.3) is 15.7 Å². The van der Waals surface area contributed by atoms with Crippen LogP contribution in [0.1, 0.15) is 11.3 Å². The SMILES string of the molecule is Cc1c(-c2cccc(N3CCN(c4ccc(NS(=O)(=O)c5ccc(NSc6ccccc6)c([N+](=O)[O-])c5)cc4)CC3)c2)c(-c2ccc(F)c(Cl)c2)n(C)c1C. The molecule has 0 aliphatic carbocycles.